The summed E-state index contributed by atoms with van der Waals surface area (Å²) in [5, 5.41) is 2.66. The van der Waals surface area contributed by atoms with Gasteiger partial charge in [0.2, 0.25) is 5.91 Å². The lowest BCUT2D eigenvalue weighted by Crippen LogP contribution is -2.43. The van der Waals surface area contributed by atoms with E-state index in [0.717, 1.165) is 5.56 Å². The van der Waals surface area contributed by atoms with Crippen molar-refractivity contribution in [3.8, 4) is 0 Å². The fraction of sp³-hybridized carbons (Fsp3) is 0.250. The number of rotatable bonds is 8. The van der Waals surface area contributed by atoms with Crippen molar-refractivity contribution in [3.63, 3.8) is 0 Å². The highest BCUT2D eigenvalue weighted by Gasteiger charge is 2.22. The number of hydrogen-bond acceptors (Lipinski definition) is 4. The van der Waals surface area contributed by atoms with Crippen molar-refractivity contribution in [1.29, 1.82) is 0 Å². The van der Waals surface area contributed by atoms with Gasteiger partial charge in [0.1, 0.15) is 6.04 Å². The van der Waals surface area contributed by atoms with Crippen molar-refractivity contribution >= 4 is 17.7 Å². The maximum atomic E-state index is 12.1. The monoisotopic (exact) mass is 339 g/mol. The number of amides is 1. The molecule has 0 bridgehead atoms. The standard InChI is InChI=1S/C20H21NO4/c1-25-20(24)17(14-15-8-4-2-5-9-15)21-19(23)13-12-18(22)16-10-6-3-7-11-16/h2-11,17H,12-14H2,1H3,(H,21,23). The molecule has 0 saturated heterocycles. The fourth-order valence-electron chi connectivity index (χ4n) is 2.45. The van der Waals surface area contributed by atoms with Crippen molar-refractivity contribution in [1.82, 2.24) is 5.32 Å². The van der Waals surface area contributed by atoms with Crippen LogP contribution in [0.3, 0.4) is 0 Å². The summed E-state index contributed by atoms with van der Waals surface area (Å²) in [6.45, 7) is 0. The van der Waals surface area contributed by atoms with Gasteiger partial charge in [0.25, 0.3) is 0 Å². The lowest BCUT2D eigenvalue weighted by atomic mass is 10.0. The van der Waals surface area contributed by atoms with Gasteiger partial charge in [-0.25, -0.2) is 4.79 Å². The second-order valence-corrected chi connectivity index (χ2v) is 5.62. The van der Waals surface area contributed by atoms with Crippen LogP contribution in [0.15, 0.2) is 60.7 Å². The highest BCUT2D eigenvalue weighted by molar-refractivity contribution is 5.98. The SMILES string of the molecule is COC(=O)C(Cc1ccccc1)NC(=O)CCC(=O)c1ccccc1. The topological polar surface area (TPSA) is 72.5 Å². The van der Waals surface area contributed by atoms with Crippen LogP contribution in [0.4, 0.5) is 0 Å². The number of methoxy groups -OCH3 is 1. The van der Waals surface area contributed by atoms with Crippen LogP contribution in [0.25, 0.3) is 0 Å². The Morgan fingerprint density at radius 1 is 0.920 bits per heavy atom. The first-order chi connectivity index (χ1) is 12.1. The number of ether oxygens (including phenoxy) is 1. The van der Waals surface area contributed by atoms with Crippen LogP contribution in [0, 0.1) is 0 Å². The molecule has 0 aliphatic heterocycles. The average molecular weight is 339 g/mol. The van der Waals surface area contributed by atoms with Gasteiger partial charge in [0.15, 0.2) is 5.78 Å². The van der Waals surface area contributed by atoms with Crippen LogP contribution in [0.2, 0.25) is 0 Å². The van der Waals surface area contributed by atoms with Crippen molar-refractivity contribution in [2.45, 2.75) is 25.3 Å². The van der Waals surface area contributed by atoms with Gasteiger partial charge < -0.3 is 10.1 Å². The molecule has 0 radical (unpaired) electrons. The van der Waals surface area contributed by atoms with Crippen molar-refractivity contribution < 1.29 is 19.1 Å². The molecule has 5 heteroatoms. The molecule has 0 spiro atoms. The van der Waals surface area contributed by atoms with E-state index < -0.39 is 12.0 Å². The molecule has 25 heavy (non-hydrogen) atoms. The zero-order valence-electron chi connectivity index (χ0n) is 14.1. The molecule has 0 aliphatic rings. The minimum absolute atomic E-state index is 0.0238. The summed E-state index contributed by atoms with van der Waals surface area (Å²) in [7, 11) is 1.28. The molecule has 1 atom stereocenters. The first-order valence-electron chi connectivity index (χ1n) is 8.09. The third-order valence-electron chi connectivity index (χ3n) is 3.78. The van der Waals surface area contributed by atoms with Gasteiger partial charge in [0, 0.05) is 24.8 Å². The maximum Gasteiger partial charge on any atom is 0.328 e. The van der Waals surface area contributed by atoms with Crippen molar-refractivity contribution in [2.75, 3.05) is 7.11 Å². The Hall–Kier alpha value is -2.95. The number of carbonyl (C=O) groups is 3. The first-order valence-corrected chi connectivity index (χ1v) is 8.09. The molecule has 0 fully saturated rings. The van der Waals surface area contributed by atoms with Gasteiger partial charge in [-0.3, -0.25) is 9.59 Å². The van der Waals surface area contributed by atoms with E-state index in [0.29, 0.717) is 12.0 Å². The largest absolute Gasteiger partial charge is 0.467 e. The lowest BCUT2D eigenvalue weighted by Gasteiger charge is -2.16. The third-order valence-corrected chi connectivity index (χ3v) is 3.78. The number of Topliss-reactive ketones (excluding diaryl/α,β-unsaturated/α-hetero) is 1. The molecule has 0 aromatic heterocycles. The molecule has 1 unspecified atom stereocenters. The second-order valence-electron chi connectivity index (χ2n) is 5.62. The van der Waals surface area contributed by atoms with Crippen LogP contribution in [-0.2, 0) is 20.7 Å². The van der Waals surface area contributed by atoms with Crippen LogP contribution >= 0.6 is 0 Å². The summed E-state index contributed by atoms with van der Waals surface area (Å²) in [4.78, 5) is 36.1. The normalized spacial score (nSPS) is 11.4. The zero-order chi connectivity index (χ0) is 18.1. The van der Waals surface area contributed by atoms with Gasteiger partial charge in [0.05, 0.1) is 7.11 Å². The van der Waals surface area contributed by atoms with E-state index in [2.05, 4.69) is 5.32 Å². The van der Waals surface area contributed by atoms with E-state index in [1.165, 1.54) is 7.11 Å². The summed E-state index contributed by atoms with van der Waals surface area (Å²) in [6.07, 6.45) is 0.455. The predicted molar refractivity (Wildman–Crippen MR) is 94.1 cm³/mol. The number of benzene rings is 2. The molecule has 130 valence electrons. The quantitative estimate of drug-likeness (QED) is 0.592. The number of carbonyl (C=O) groups excluding carboxylic acids is 3. The Morgan fingerprint density at radius 2 is 1.52 bits per heavy atom. The highest BCUT2D eigenvalue weighted by Crippen LogP contribution is 2.07. The molecule has 2 aromatic rings. The van der Waals surface area contributed by atoms with E-state index in [1.807, 2.05) is 36.4 Å². The van der Waals surface area contributed by atoms with Crippen LogP contribution in [0.1, 0.15) is 28.8 Å². The fourth-order valence-corrected chi connectivity index (χ4v) is 2.45. The Balaban J connectivity index is 1.90. The van der Waals surface area contributed by atoms with Gasteiger partial charge in [-0.05, 0) is 5.56 Å². The zero-order valence-corrected chi connectivity index (χ0v) is 14.1. The molecule has 0 saturated carbocycles. The van der Waals surface area contributed by atoms with Crippen molar-refractivity contribution in [2.24, 2.45) is 0 Å². The summed E-state index contributed by atoms with van der Waals surface area (Å²) in [5.74, 6) is -0.962. The minimum Gasteiger partial charge on any atom is -0.467 e. The van der Waals surface area contributed by atoms with E-state index >= 15 is 0 Å². The Bertz CT molecular complexity index is 713. The van der Waals surface area contributed by atoms with Gasteiger partial charge in [-0.15, -0.1) is 0 Å². The third kappa shape index (κ3) is 5.88. The molecule has 0 aliphatic carbocycles. The minimum atomic E-state index is -0.772. The number of esters is 1. The Kier molecular flexibility index (Phi) is 6.89. The lowest BCUT2D eigenvalue weighted by molar-refractivity contribution is -0.145. The van der Waals surface area contributed by atoms with Gasteiger partial charge in [-0.2, -0.15) is 0 Å². The first kappa shape index (κ1) is 18.4. The van der Waals surface area contributed by atoms with Gasteiger partial charge in [-0.1, -0.05) is 60.7 Å². The molecule has 1 amide bonds. The molecule has 0 heterocycles. The average Bonchev–Trinajstić information content (AvgIpc) is 2.66. The number of ketones is 1. The summed E-state index contributed by atoms with van der Waals surface area (Å²) in [6, 6.07) is 17.4. The van der Waals surface area contributed by atoms with Crippen LogP contribution < -0.4 is 5.32 Å². The van der Waals surface area contributed by atoms with Crippen molar-refractivity contribution in [3.05, 3.63) is 71.8 Å². The molecule has 2 rings (SSSR count). The number of hydrogen-bond donors (Lipinski definition) is 1. The van der Waals surface area contributed by atoms with Gasteiger partial charge >= 0.3 is 5.97 Å². The Labute approximate surface area is 147 Å². The highest BCUT2D eigenvalue weighted by atomic mass is 16.5. The van der Waals surface area contributed by atoms with E-state index in [4.69, 9.17) is 4.74 Å². The smallest absolute Gasteiger partial charge is 0.328 e. The maximum absolute atomic E-state index is 12.1. The van der Waals surface area contributed by atoms with Crippen LogP contribution in [-0.4, -0.2) is 30.8 Å². The van der Waals surface area contributed by atoms with Crippen LogP contribution in [0.5, 0.6) is 0 Å². The molecular formula is C20H21NO4. The predicted octanol–water partition coefficient (Wildman–Crippen LogP) is 2.55. The molecular weight excluding hydrogens is 318 g/mol. The molecule has 2 aromatic carbocycles. The number of nitrogens with one attached hydrogen (secondary N) is 1. The molecule has 5 nitrogen and oxygen atoms in total. The summed E-state index contributed by atoms with van der Waals surface area (Å²) >= 11 is 0. The van der Waals surface area contributed by atoms with E-state index in [9.17, 15) is 14.4 Å². The second kappa shape index (κ2) is 9.37. The van der Waals surface area contributed by atoms with E-state index in [1.54, 1.807) is 24.3 Å². The Morgan fingerprint density at radius 3 is 2.12 bits per heavy atom. The van der Waals surface area contributed by atoms with E-state index in [-0.39, 0.29) is 24.5 Å². The summed E-state index contributed by atoms with van der Waals surface area (Å²) in [5.41, 5.74) is 1.49. The summed E-state index contributed by atoms with van der Waals surface area (Å²) < 4.78 is 4.76. The molecule has 1 N–H and O–H groups in total.